The largest absolute Gasteiger partial charge is 0.339 e. The van der Waals surface area contributed by atoms with E-state index in [-0.39, 0.29) is 28.1 Å². The number of hydrogen-bond donors (Lipinski definition) is 0. The molecule has 152 valence electrons. The van der Waals surface area contributed by atoms with Crippen LogP contribution in [0.4, 0.5) is 5.69 Å². The van der Waals surface area contributed by atoms with Crippen LogP contribution in [0.1, 0.15) is 28.8 Å². The van der Waals surface area contributed by atoms with Crippen molar-refractivity contribution in [1.82, 2.24) is 9.80 Å². The van der Waals surface area contributed by atoms with Gasteiger partial charge >= 0.3 is 0 Å². The van der Waals surface area contributed by atoms with Gasteiger partial charge in [0, 0.05) is 44.7 Å². The van der Waals surface area contributed by atoms with E-state index in [0.29, 0.717) is 32.6 Å². The first-order chi connectivity index (χ1) is 14.0. The minimum absolute atomic E-state index is 0.0589. The smallest absolute Gasteiger partial charge is 0.270 e. The SMILES string of the molecule is O=C(CCCc1ccccc1)N1CCN(C(=O)c2ccc([N+](=O)[O-])cc2Cl)CC1. The molecule has 1 aliphatic rings. The first kappa shape index (κ1) is 20.8. The van der Waals surface area contributed by atoms with E-state index < -0.39 is 4.92 Å². The van der Waals surface area contributed by atoms with E-state index in [1.54, 1.807) is 9.80 Å². The minimum atomic E-state index is -0.553. The van der Waals surface area contributed by atoms with Gasteiger partial charge in [-0.2, -0.15) is 0 Å². The molecule has 3 rings (SSSR count). The molecule has 0 unspecified atom stereocenters. The second kappa shape index (κ2) is 9.52. The van der Waals surface area contributed by atoms with Crippen LogP contribution in [0.25, 0.3) is 0 Å². The topological polar surface area (TPSA) is 83.8 Å². The van der Waals surface area contributed by atoms with Gasteiger partial charge in [-0.1, -0.05) is 41.9 Å². The monoisotopic (exact) mass is 415 g/mol. The Hall–Kier alpha value is -2.93. The van der Waals surface area contributed by atoms with E-state index in [2.05, 4.69) is 12.1 Å². The molecule has 0 bridgehead atoms. The van der Waals surface area contributed by atoms with Gasteiger partial charge in [0.15, 0.2) is 0 Å². The summed E-state index contributed by atoms with van der Waals surface area (Å²) in [5, 5.41) is 10.9. The van der Waals surface area contributed by atoms with Crippen LogP contribution >= 0.6 is 11.6 Å². The summed E-state index contributed by atoms with van der Waals surface area (Å²) in [4.78, 5) is 38.8. The summed E-state index contributed by atoms with van der Waals surface area (Å²) in [6.45, 7) is 1.77. The van der Waals surface area contributed by atoms with E-state index in [1.165, 1.54) is 23.8 Å². The zero-order valence-electron chi connectivity index (χ0n) is 15.9. The molecule has 1 saturated heterocycles. The zero-order chi connectivity index (χ0) is 20.8. The molecule has 8 heteroatoms. The van der Waals surface area contributed by atoms with Crippen molar-refractivity contribution in [2.24, 2.45) is 0 Å². The number of hydrogen-bond acceptors (Lipinski definition) is 4. The third kappa shape index (κ3) is 5.32. The summed E-state index contributed by atoms with van der Waals surface area (Å²) in [6, 6.07) is 13.9. The van der Waals surface area contributed by atoms with Crippen molar-refractivity contribution in [2.75, 3.05) is 26.2 Å². The highest BCUT2D eigenvalue weighted by molar-refractivity contribution is 6.34. The lowest BCUT2D eigenvalue weighted by Crippen LogP contribution is -2.50. The normalized spacial score (nSPS) is 14.0. The highest BCUT2D eigenvalue weighted by atomic mass is 35.5. The van der Waals surface area contributed by atoms with Crippen molar-refractivity contribution < 1.29 is 14.5 Å². The maximum atomic E-state index is 12.7. The quantitative estimate of drug-likeness (QED) is 0.533. The predicted octanol–water partition coefficient (Wildman–Crippen LogP) is 3.56. The Bertz CT molecular complexity index is 896. The van der Waals surface area contributed by atoms with Crippen LogP contribution in [-0.4, -0.2) is 52.7 Å². The number of carbonyl (C=O) groups excluding carboxylic acids is 2. The molecule has 0 radical (unpaired) electrons. The van der Waals surface area contributed by atoms with E-state index >= 15 is 0 Å². The number of carbonyl (C=O) groups is 2. The van der Waals surface area contributed by atoms with Gasteiger partial charge in [-0.15, -0.1) is 0 Å². The molecular weight excluding hydrogens is 394 g/mol. The average Bonchev–Trinajstić information content (AvgIpc) is 2.74. The number of benzene rings is 2. The number of halogens is 1. The summed E-state index contributed by atoms with van der Waals surface area (Å²) in [5.41, 5.74) is 1.30. The maximum absolute atomic E-state index is 12.7. The molecule has 2 aromatic carbocycles. The standard InChI is InChI=1S/C21H22ClN3O4/c22-19-15-17(25(28)29)9-10-18(19)21(27)24-13-11-23(12-14-24)20(26)8-4-7-16-5-2-1-3-6-16/h1-3,5-6,9-10,15H,4,7-8,11-14H2. The third-order valence-electron chi connectivity index (χ3n) is 5.01. The van der Waals surface area contributed by atoms with E-state index in [4.69, 9.17) is 11.6 Å². The molecular formula is C21H22ClN3O4. The van der Waals surface area contributed by atoms with Gasteiger partial charge in [0.05, 0.1) is 15.5 Å². The summed E-state index contributed by atoms with van der Waals surface area (Å²) in [7, 11) is 0. The number of non-ortho nitro benzene ring substituents is 1. The van der Waals surface area contributed by atoms with Gasteiger partial charge in [0.1, 0.15) is 0 Å². The fourth-order valence-electron chi connectivity index (χ4n) is 3.37. The average molecular weight is 416 g/mol. The van der Waals surface area contributed by atoms with Crippen molar-refractivity contribution in [3.63, 3.8) is 0 Å². The van der Waals surface area contributed by atoms with E-state index in [0.717, 1.165) is 12.8 Å². The van der Waals surface area contributed by atoms with Crippen LogP contribution in [0.15, 0.2) is 48.5 Å². The van der Waals surface area contributed by atoms with Crippen molar-refractivity contribution in [2.45, 2.75) is 19.3 Å². The third-order valence-corrected chi connectivity index (χ3v) is 5.33. The lowest BCUT2D eigenvalue weighted by atomic mass is 10.1. The van der Waals surface area contributed by atoms with Gasteiger partial charge < -0.3 is 9.80 Å². The number of amides is 2. The maximum Gasteiger partial charge on any atom is 0.270 e. The number of rotatable bonds is 6. The summed E-state index contributed by atoms with van der Waals surface area (Å²) in [5.74, 6) is -0.178. The second-order valence-electron chi connectivity index (χ2n) is 6.93. The molecule has 29 heavy (non-hydrogen) atoms. The summed E-state index contributed by atoms with van der Waals surface area (Å²) >= 11 is 6.06. The van der Waals surface area contributed by atoms with Crippen LogP contribution in [0.2, 0.25) is 5.02 Å². The fourth-order valence-corrected chi connectivity index (χ4v) is 3.62. The molecule has 0 aliphatic carbocycles. The number of aryl methyl sites for hydroxylation is 1. The predicted molar refractivity (Wildman–Crippen MR) is 110 cm³/mol. The van der Waals surface area contributed by atoms with Crippen molar-refractivity contribution in [1.29, 1.82) is 0 Å². The Morgan fingerprint density at radius 2 is 1.66 bits per heavy atom. The number of nitrogens with zero attached hydrogens (tertiary/aromatic N) is 3. The van der Waals surface area contributed by atoms with Gasteiger partial charge in [0.2, 0.25) is 5.91 Å². The number of nitro benzene ring substituents is 1. The Labute approximate surface area is 174 Å². The van der Waals surface area contributed by atoms with Crippen LogP contribution < -0.4 is 0 Å². The van der Waals surface area contributed by atoms with Crippen molar-refractivity contribution in [3.8, 4) is 0 Å². The van der Waals surface area contributed by atoms with Crippen LogP contribution in [-0.2, 0) is 11.2 Å². The number of piperazine rings is 1. The number of nitro groups is 1. The van der Waals surface area contributed by atoms with Gasteiger partial charge in [-0.05, 0) is 24.5 Å². The lowest BCUT2D eigenvalue weighted by Gasteiger charge is -2.35. The van der Waals surface area contributed by atoms with E-state index in [1.807, 2.05) is 18.2 Å². The molecule has 7 nitrogen and oxygen atoms in total. The molecule has 1 aliphatic heterocycles. The molecule has 0 saturated carbocycles. The molecule has 2 aromatic rings. The fraction of sp³-hybridized carbons (Fsp3) is 0.333. The van der Waals surface area contributed by atoms with Gasteiger partial charge in [-0.25, -0.2) is 0 Å². The van der Waals surface area contributed by atoms with Gasteiger partial charge in [-0.3, -0.25) is 19.7 Å². The molecule has 2 amide bonds. The Balaban J connectivity index is 1.49. The van der Waals surface area contributed by atoms with Crippen LogP contribution in [0, 0.1) is 10.1 Å². The first-order valence-electron chi connectivity index (χ1n) is 9.50. The molecule has 0 atom stereocenters. The molecule has 1 fully saturated rings. The van der Waals surface area contributed by atoms with Crippen molar-refractivity contribution in [3.05, 3.63) is 74.8 Å². The highest BCUT2D eigenvalue weighted by Gasteiger charge is 2.26. The van der Waals surface area contributed by atoms with Gasteiger partial charge in [0.25, 0.3) is 11.6 Å². The highest BCUT2D eigenvalue weighted by Crippen LogP contribution is 2.24. The Kier molecular flexibility index (Phi) is 6.82. The van der Waals surface area contributed by atoms with Crippen LogP contribution in [0.3, 0.4) is 0 Å². The molecule has 0 aromatic heterocycles. The molecule has 0 spiro atoms. The van der Waals surface area contributed by atoms with Crippen molar-refractivity contribution >= 4 is 29.1 Å². The molecule has 0 N–H and O–H groups in total. The molecule has 1 heterocycles. The van der Waals surface area contributed by atoms with E-state index in [9.17, 15) is 19.7 Å². The summed E-state index contributed by atoms with van der Waals surface area (Å²) in [6.07, 6.45) is 2.14. The Morgan fingerprint density at radius 3 is 2.28 bits per heavy atom. The second-order valence-corrected chi connectivity index (χ2v) is 7.34. The van der Waals surface area contributed by atoms with Crippen LogP contribution in [0.5, 0.6) is 0 Å². The summed E-state index contributed by atoms with van der Waals surface area (Å²) < 4.78 is 0. The Morgan fingerprint density at radius 1 is 1.00 bits per heavy atom. The lowest BCUT2D eigenvalue weighted by molar-refractivity contribution is -0.384. The minimum Gasteiger partial charge on any atom is -0.339 e. The first-order valence-corrected chi connectivity index (χ1v) is 9.88. The zero-order valence-corrected chi connectivity index (χ0v) is 16.7.